The molecule has 0 bridgehead atoms. The Balaban J connectivity index is 2.00. The van der Waals surface area contributed by atoms with Gasteiger partial charge in [0.2, 0.25) is 0 Å². The minimum Gasteiger partial charge on any atom is -0.359 e. The Morgan fingerprint density at radius 2 is 2.24 bits per heavy atom. The minimum absolute atomic E-state index is 0.278. The number of ether oxygens (including phenoxy) is 1. The topological polar surface area (TPSA) is 51.2 Å². The molecule has 0 aliphatic carbocycles. The van der Waals surface area contributed by atoms with Gasteiger partial charge < -0.3 is 4.74 Å². The molecule has 0 saturated heterocycles. The number of halogens is 4. The van der Waals surface area contributed by atoms with Crippen LogP contribution in [0.15, 0.2) is 18.2 Å². The Labute approximate surface area is 126 Å². The lowest BCUT2D eigenvalue weighted by Crippen LogP contribution is -2.31. The largest absolute Gasteiger partial charge is 0.411 e. The number of benzene rings is 1. The lowest BCUT2D eigenvalue weighted by molar-refractivity contribution is -0.184. The number of thiazole rings is 1. The summed E-state index contributed by atoms with van der Waals surface area (Å²) >= 11 is 7.01. The van der Waals surface area contributed by atoms with E-state index >= 15 is 0 Å². The summed E-state index contributed by atoms with van der Waals surface area (Å²) in [5, 5.41) is 3.20. The number of carbonyl (C=O) groups excluding carboxylic acids is 1. The van der Waals surface area contributed by atoms with Crippen LogP contribution in [-0.2, 0) is 9.53 Å². The standard InChI is InChI=1S/C12H10ClF3N2O2S/c1-6(20-5-12(14,15)16)10(19)18-11-17-8-4-7(13)2-3-9(8)21-11/h2-4,6H,5H2,1H3,(H,17,18,19)/t6-/m1/s1. The molecule has 1 aromatic heterocycles. The first-order chi connectivity index (χ1) is 9.74. The molecule has 1 heterocycles. The highest BCUT2D eigenvalue weighted by Crippen LogP contribution is 2.28. The molecule has 0 unspecified atom stereocenters. The maximum absolute atomic E-state index is 12.0. The average Bonchev–Trinajstić information content (AvgIpc) is 2.76. The highest BCUT2D eigenvalue weighted by molar-refractivity contribution is 7.22. The smallest absolute Gasteiger partial charge is 0.359 e. The van der Waals surface area contributed by atoms with E-state index in [4.69, 9.17) is 11.6 Å². The van der Waals surface area contributed by atoms with Gasteiger partial charge in [-0.3, -0.25) is 10.1 Å². The van der Waals surface area contributed by atoms with Crippen LogP contribution in [0.2, 0.25) is 5.02 Å². The molecule has 1 amide bonds. The second kappa shape index (κ2) is 6.17. The van der Waals surface area contributed by atoms with Gasteiger partial charge in [-0.1, -0.05) is 22.9 Å². The molecule has 0 saturated carbocycles. The van der Waals surface area contributed by atoms with Crippen molar-refractivity contribution >= 4 is 44.2 Å². The highest BCUT2D eigenvalue weighted by atomic mass is 35.5. The van der Waals surface area contributed by atoms with Crippen molar-refractivity contribution in [2.75, 3.05) is 11.9 Å². The van der Waals surface area contributed by atoms with Crippen LogP contribution < -0.4 is 5.32 Å². The molecule has 2 rings (SSSR count). The third-order valence-electron chi connectivity index (χ3n) is 2.45. The summed E-state index contributed by atoms with van der Waals surface area (Å²) in [6.45, 7) is -0.234. The van der Waals surface area contributed by atoms with E-state index < -0.39 is 24.8 Å². The summed E-state index contributed by atoms with van der Waals surface area (Å²) in [7, 11) is 0. The van der Waals surface area contributed by atoms with Crippen LogP contribution in [0.25, 0.3) is 10.2 Å². The van der Waals surface area contributed by atoms with Crippen LogP contribution in [0, 0.1) is 0 Å². The van der Waals surface area contributed by atoms with Crippen LogP contribution in [0.3, 0.4) is 0 Å². The predicted molar refractivity (Wildman–Crippen MR) is 74.7 cm³/mol. The number of alkyl halides is 3. The number of hydrogen-bond donors (Lipinski definition) is 1. The molecule has 0 spiro atoms. The molecule has 4 nitrogen and oxygen atoms in total. The number of nitrogens with one attached hydrogen (secondary N) is 1. The van der Waals surface area contributed by atoms with Gasteiger partial charge in [0.15, 0.2) is 5.13 Å². The van der Waals surface area contributed by atoms with E-state index in [1.807, 2.05) is 0 Å². The van der Waals surface area contributed by atoms with Gasteiger partial charge in [0, 0.05) is 5.02 Å². The fraction of sp³-hybridized carbons (Fsp3) is 0.333. The molecule has 2 aromatic rings. The van der Waals surface area contributed by atoms with E-state index in [1.54, 1.807) is 18.2 Å². The number of amides is 1. The number of aromatic nitrogens is 1. The van der Waals surface area contributed by atoms with Gasteiger partial charge in [0.1, 0.15) is 12.7 Å². The van der Waals surface area contributed by atoms with Gasteiger partial charge in [-0.05, 0) is 25.1 Å². The summed E-state index contributed by atoms with van der Waals surface area (Å²) in [6.07, 6.45) is -5.71. The number of hydrogen-bond acceptors (Lipinski definition) is 4. The third kappa shape index (κ3) is 4.55. The summed E-state index contributed by atoms with van der Waals surface area (Å²) < 4.78 is 41.3. The predicted octanol–water partition coefficient (Wildman–Crippen LogP) is 3.86. The second-order valence-corrected chi connectivity index (χ2v) is 5.66. The molecule has 114 valence electrons. The van der Waals surface area contributed by atoms with Gasteiger partial charge >= 0.3 is 6.18 Å². The zero-order chi connectivity index (χ0) is 15.6. The maximum Gasteiger partial charge on any atom is 0.411 e. The van der Waals surface area contributed by atoms with E-state index in [-0.39, 0.29) is 5.13 Å². The first-order valence-corrected chi connectivity index (χ1v) is 6.99. The van der Waals surface area contributed by atoms with Crippen LogP contribution in [-0.4, -0.2) is 29.8 Å². The molecular formula is C12H10ClF3N2O2S. The Kier molecular flexibility index (Phi) is 4.70. The van der Waals surface area contributed by atoms with Gasteiger partial charge in [-0.15, -0.1) is 0 Å². The zero-order valence-electron chi connectivity index (χ0n) is 10.7. The normalized spacial score (nSPS) is 13.4. The Morgan fingerprint density at radius 1 is 1.52 bits per heavy atom. The quantitative estimate of drug-likeness (QED) is 0.921. The second-order valence-electron chi connectivity index (χ2n) is 4.19. The van der Waals surface area contributed by atoms with Crippen molar-refractivity contribution in [2.24, 2.45) is 0 Å². The molecule has 1 aromatic carbocycles. The first kappa shape index (κ1) is 16.0. The van der Waals surface area contributed by atoms with Crippen molar-refractivity contribution in [2.45, 2.75) is 19.2 Å². The van der Waals surface area contributed by atoms with Gasteiger partial charge in [-0.2, -0.15) is 13.2 Å². The summed E-state index contributed by atoms with van der Waals surface area (Å²) in [6, 6.07) is 5.06. The molecule has 0 aliphatic heterocycles. The molecular weight excluding hydrogens is 329 g/mol. The molecule has 9 heteroatoms. The van der Waals surface area contributed by atoms with Crippen molar-refractivity contribution in [1.82, 2.24) is 4.98 Å². The van der Waals surface area contributed by atoms with Crippen LogP contribution in [0.4, 0.5) is 18.3 Å². The fourth-order valence-corrected chi connectivity index (χ4v) is 2.47. The van der Waals surface area contributed by atoms with Crippen LogP contribution >= 0.6 is 22.9 Å². The summed E-state index contributed by atoms with van der Waals surface area (Å²) in [4.78, 5) is 15.8. The van der Waals surface area contributed by atoms with Crippen molar-refractivity contribution in [3.63, 3.8) is 0 Å². The molecule has 0 fully saturated rings. The van der Waals surface area contributed by atoms with Gasteiger partial charge in [-0.25, -0.2) is 4.98 Å². The molecule has 21 heavy (non-hydrogen) atoms. The zero-order valence-corrected chi connectivity index (χ0v) is 12.3. The van der Waals surface area contributed by atoms with Crippen LogP contribution in [0.1, 0.15) is 6.92 Å². The van der Waals surface area contributed by atoms with E-state index in [2.05, 4.69) is 15.0 Å². The number of nitrogens with zero attached hydrogens (tertiary/aromatic N) is 1. The Hall–Kier alpha value is -1.38. The SMILES string of the molecule is C[C@@H](OCC(F)(F)F)C(=O)Nc1nc2cc(Cl)ccc2s1. The first-order valence-electron chi connectivity index (χ1n) is 5.80. The number of anilines is 1. The maximum atomic E-state index is 12.0. The van der Waals surface area contributed by atoms with E-state index in [0.29, 0.717) is 10.5 Å². The van der Waals surface area contributed by atoms with E-state index in [9.17, 15) is 18.0 Å². The minimum atomic E-state index is -4.47. The Morgan fingerprint density at radius 3 is 2.90 bits per heavy atom. The number of rotatable bonds is 4. The number of carbonyl (C=O) groups is 1. The molecule has 0 aliphatic rings. The fourth-order valence-electron chi connectivity index (χ4n) is 1.46. The molecule has 1 N–H and O–H groups in total. The van der Waals surface area contributed by atoms with Crippen molar-refractivity contribution in [1.29, 1.82) is 0 Å². The van der Waals surface area contributed by atoms with Crippen molar-refractivity contribution < 1.29 is 22.7 Å². The lowest BCUT2D eigenvalue weighted by Gasteiger charge is -2.13. The van der Waals surface area contributed by atoms with E-state index in [1.165, 1.54) is 18.3 Å². The van der Waals surface area contributed by atoms with Gasteiger partial charge in [0.25, 0.3) is 5.91 Å². The van der Waals surface area contributed by atoms with Gasteiger partial charge in [0.05, 0.1) is 10.2 Å². The Bertz CT molecular complexity index is 659. The average molecular weight is 339 g/mol. The third-order valence-corrected chi connectivity index (χ3v) is 3.63. The van der Waals surface area contributed by atoms with E-state index in [0.717, 1.165) is 4.70 Å². The molecule has 1 atom stereocenters. The molecule has 0 radical (unpaired) electrons. The van der Waals surface area contributed by atoms with Crippen molar-refractivity contribution in [3.05, 3.63) is 23.2 Å². The summed E-state index contributed by atoms with van der Waals surface area (Å²) in [5.74, 6) is -0.690. The van der Waals surface area contributed by atoms with Crippen LogP contribution in [0.5, 0.6) is 0 Å². The highest BCUT2D eigenvalue weighted by Gasteiger charge is 2.30. The van der Waals surface area contributed by atoms with Crippen molar-refractivity contribution in [3.8, 4) is 0 Å². The summed E-state index contributed by atoms with van der Waals surface area (Å²) in [5.41, 5.74) is 0.603. The lowest BCUT2D eigenvalue weighted by atomic mass is 10.3. The number of fused-ring (bicyclic) bond motifs is 1. The monoisotopic (exact) mass is 338 g/mol.